The average Bonchev–Trinajstić information content (AvgIpc) is 2.79. The van der Waals surface area contributed by atoms with Gasteiger partial charge in [-0.3, -0.25) is 19.5 Å². The largest absolute Gasteiger partial charge is 0.367 e. The molecule has 0 spiro atoms. The summed E-state index contributed by atoms with van der Waals surface area (Å²) >= 11 is 0. The third-order valence-corrected chi connectivity index (χ3v) is 5.35. The maximum atomic E-state index is 14.1. The zero-order valence-electron chi connectivity index (χ0n) is 18.1. The minimum Gasteiger partial charge on any atom is -0.367 e. The molecule has 0 aliphatic carbocycles. The highest BCUT2D eigenvalue weighted by Crippen LogP contribution is 2.25. The number of piperazine rings is 1. The molecular formula is C23H30FN5O2. The van der Waals surface area contributed by atoms with Gasteiger partial charge in [0.2, 0.25) is 0 Å². The molecule has 1 saturated heterocycles. The maximum absolute atomic E-state index is 14.1. The number of aromatic nitrogens is 1. The molecule has 0 saturated carbocycles. The van der Waals surface area contributed by atoms with Gasteiger partial charge in [0.25, 0.3) is 0 Å². The number of amides is 2. The third-order valence-electron chi connectivity index (χ3n) is 5.35. The minimum atomic E-state index is -0.639. The zero-order valence-corrected chi connectivity index (χ0v) is 18.1. The summed E-state index contributed by atoms with van der Waals surface area (Å²) in [6.45, 7) is 7.42. The predicted molar refractivity (Wildman–Crippen MR) is 118 cm³/mol. The number of rotatable bonds is 7. The van der Waals surface area contributed by atoms with Gasteiger partial charge in [-0.1, -0.05) is 32.0 Å². The summed E-state index contributed by atoms with van der Waals surface area (Å²) in [5.41, 5.74) is 1.57. The molecule has 166 valence electrons. The lowest BCUT2D eigenvalue weighted by atomic mass is 10.1. The summed E-state index contributed by atoms with van der Waals surface area (Å²) in [4.78, 5) is 32.7. The van der Waals surface area contributed by atoms with Gasteiger partial charge in [-0.2, -0.15) is 0 Å². The van der Waals surface area contributed by atoms with Crippen molar-refractivity contribution in [2.45, 2.75) is 19.9 Å². The van der Waals surface area contributed by atoms with E-state index in [1.54, 1.807) is 24.5 Å². The average molecular weight is 428 g/mol. The summed E-state index contributed by atoms with van der Waals surface area (Å²) in [7, 11) is 0. The lowest BCUT2D eigenvalue weighted by Crippen LogP contribution is -2.51. The second-order valence-electron chi connectivity index (χ2n) is 8.09. The molecule has 1 fully saturated rings. The highest BCUT2D eigenvalue weighted by atomic mass is 19.1. The number of carbonyl (C=O) groups is 2. The van der Waals surface area contributed by atoms with E-state index in [4.69, 9.17) is 0 Å². The molecule has 1 aromatic heterocycles. The van der Waals surface area contributed by atoms with Crippen LogP contribution >= 0.6 is 0 Å². The number of halogens is 1. The van der Waals surface area contributed by atoms with E-state index in [0.717, 1.165) is 5.56 Å². The summed E-state index contributed by atoms with van der Waals surface area (Å²) < 4.78 is 14.1. The number of hydrogen-bond acceptors (Lipinski definition) is 5. The Morgan fingerprint density at radius 1 is 1.00 bits per heavy atom. The Hall–Kier alpha value is -3.00. The van der Waals surface area contributed by atoms with Crippen molar-refractivity contribution in [3.63, 3.8) is 0 Å². The van der Waals surface area contributed by atoms with Crippen molar-refractivity contribution < 1.29 is 14.0 Å². The number of para-hydroxylation sites is 1. The van der Waals surface area contributed by atoms with Crippen molar-refractivity contribution in [3.8, 4) is 0 Å². The SMILES string of the molecule is CC(C)CNC(=O)C(=O)NCC(c1cccnc1)N1CCN(c2ccccc2F)CC1. The molecule has 1 aliphatic rings. The van der Waals surface area contributed by atoms with Gasteiger partial charge in [0.05, 0.1) is 11.7 Å². The van der Waals surface area contributed by atoms with Crippen molar-refractivity contribution in [1.82, 2.24) is 20.5 Å². The van der Waals surface area contributed by atoms with E-state index in [2.05, 4.69) is 20.5 Å². The molecule has 31 heavy (non-hydrogen) atoms. The van der Waals surface area contributed by atoms with Gasteiger partial charge < -0.3 is 15.5 Å². The van der Waals surface area contributed by atoms with Crippen LogP contribution in [-0.2, 0) is 9.59 Å². The third kappa shape index (κ3) is 6.24. The van der Waals surface area contributed by atoms with E-state index in [0.29, 0.717) is 45.0 Å². The van der Waals surface area contributed by atoms with Crippen LogP contribution in [0.4, 0.5) is 10.1 Å². The van der Waals surface area contributed by atoms with E-state index in [1.807, 2.05) is 36.9 Å². The van der Waals surface area contributed by atoms with Gasteiger partial charge in [-0.25, -0.2) is 4.39 Å². The molecule has 2 aromatic rings. The zero-order chi connectivity index (χ0) is 22.2. The number of hydrogen-bond donors (Lipinski definition) is 2. The maximum Gasteiger partial charge on any atom is 0.309 e. The highest BCUT2D eigenvalue weighted by Gasteiger charge is 2.27. The van der Waals surface area contributed by atoms with Crippen molar-refractivity contribution in [2.75, 3.05) is 44.2 Å². The van der Waals surface area contributed by atoms with Crippen molar-refractivity contribution in [2.24, 2.45) is 5.92 Å². The Bertz CT molecular complexity index is 869. The van der Waals surface area contributed by atoms with Gasteiger partial charge in [0.1, 0.15) is 5.82 Å². The Morgan fingerprint density at radius 2 is 1.68 bits per heavy atom. The minimum absolute atomic E-state index is 0.127. The number of carbonyl (C=O) groups excluding carboxylic acids is 2. The quantitative estimate of drug-likeness (QED) is 0.661. The summed E-state index contributed by atoms with van der Waals surface area (Å²) in [6.07, 6.45) is 3.48. The van der Waals surface area contributed by atoms with Crippen LogP contribution in [0.5, 0.6) is 0 Å². The van der Waals surface area contributed by atoms with Crippen LogP contribution in [0.2, 0.25) is 0 Å². The Kier molecular flexibility index (Phi) is 7.94. The van der Waals surface area contributed by atoms with E-state index in [9.17, 15) is 14.0 Å². The van der Waals surface area contributed by atoms with Crippen LogP contribution in [0.1, 0.15) is 25.5 Å². The predicted octanol–water partition coefficient (Wildman–Crippen LogP) is 1.97. The van der Waals surface area contributed by atoms with Gasteiger partial charge >= 0.3 is 11.8 Å². The molecule has 0 radical (unpaired) electrons. The first kappa shape index (κ1) is 22.7. The summed E-state index contributed by atoms with van der Waals surface area (Å²) in [5, 5.41) is 5.40. The first-order chi connectivity index (χ1) is 15.0. The number of nitrogens with one attached hydrogen (secondary N) is 2. The van der Waals surface area contributed by atoms with E-state index in [-0.39, 0.29) is 17.8 Å². The number of pyridine rings is 1. The Balaban J connectivity index is 1.63. The van der Waals surface area contributed by atoms with Crippen LogP contribution in [0.15, 0.2) is 48.8 Å². The second-order valence-corrected chi connectivity index (χ2v) is 8.09. The van der Waals surface area contributed by atoms with Crippen LogP contribution in [-0.4, -0.2) is 61.0 Å². The summed E-state index contributed by atoms with van der Waals surface area (Å²) in [5.74, 6) is -1.22. The molecule has 1 aromatic carbocycles. The standard InChI is InChI=1S/C23H30FN5O2/c1-17(2)14-26-22(30)23(31)27-16-21(18-6-5-9-25-15-18)29-12-10-28(11-13-29)20-8-4-3-7-19(20)24/h3-9,15,17,21H,10-14,16H2,1-2H3,(H,26,30)(H,27,31). The van der Waals surface area contributed by atoms with E-state index in [1.165, 1.54) is 6.07 Å². The first-order valence-corrected chi connectivity index (χ1v) is 10.6. The van der Waals surface area contributed by atoms with Crippen molar-refractivity contribution in [1.29, 1.82) is 0 Å². The highest BCUT2D eigenvalue weighted by molar-refractivity contribution is 6.35. The monoisotopic (exact) mass is 427 g/mol. The summed E-state index contributed by atoms with van der Waals surface area (Å²) in [6, 6.07) is 10.5. The van der Waals surface area contributed by atoms with Crippen LogP contribution in [0, 0.1) is 11.7 Å². The lowest BCUT2D eigenvalue weighted by molar-refractivity contribution is -0.139. The van der Waals surface area contributed by atoms with Gasteiger partial charge in [0, 0.05) is 51.7 Å². The molecule has 1 aliphatic heterocycles. The molecule has 2 heterocycles. The van der Waals surface area contributed by atoms with Crippen LogP contribution in [0.25, 0.3) is 0 Å². The smallest absolute Gasteiger partial charge is 0.309 e. The molecule has 2 amide bonds. The topological polar surface area (TPSA) is 77.6 Å². The Morgan fingerprint density at radius 3 is 2.29 bits per heavy atom. The molecule has 2 N–H and O–H groups in total. The molecule has 0 bridgehead atoms. The van der Waals surface area contributed by atoms with Crippen molar-refractivity contribution in [3.05, 3.63) is 60.2 Å². The molecule has 8 heteroatoms. The fraction of sp³-hybridized carbons (Fsp3) is 0.435. The van der Waals surface area contributed by atoms with Gasteiger partial charge in [-0.15, -0.1) is 0 Å². The van der Waals surface area contributed by atoms with Crippen LogP contribution < -0.4 is 15.5 Å². The fourth-order valence-corrected chi connectivity index (χ4v) is 3.66. The second kappa shape index (κ2) is 10.9. The Labute approximate surface area is 182 Å². The van der Waals surface area contributed by atoms with Crippen molar-refractivity contribution >= 4 is 17.5 Å². The van der Waals surface area contributed by atoms with Crippen LogP contribution in [0.3, 0.4) is 0 Å². The number of benzene rings is 1. The van der Waals surface area contributed by atoms with Gasteiger partial charge in [-0.05, 0) is 29.7 Å². The first-order valence-electron chi connectivity index (χ1n) is 10.6. The fourth-order valence-electron chi connectivity index (χ4n) is 3.66. The van der Waals surface area contributed by atoms with E-state index >= 15 is 0 Å². The number of nitrogens with zero attached hydrogens (tertiary/aromatic N) is 3. The van der Waals surface area contributed by atoms with Gasteiger partial charge in [0.15, 0.2) is 0 Å². The molecule has 3 rings (SSSR count). The lowest BCUT2D eigenvalue weighted by Gasteiger charge is -2.40. The molecule has 1 atom stereocenters. The molecule has 7 nitrogen and oxygen atoms in total. The van der Waals surface area contributed by atoms with E-state index < -0.39 is 11.8 Å². The normalized spacial score (nSPS) is 15.5. The number of anilines is 1. The molecule has 1 unspecified atom stereocenters. The molecular weight excluding hydrogens is 397 g/mol.